The summed E-state index contributed by atoms with van der Waals surface area (Å²) in [6.45, 7) is 1.55. The highest BCUT2D eigenvalue weighted by Gasteiger charge is 2.31. The number of hydrogen-bond acceptors (Lipinski definition) is 7. The highest BCUT2D eigenvalue weighted by molar-refractivity contribution is 6.28. The molecule has 0 bridgehead atoms. The number of benzene rings is 1. The van der Waals surface area contributed by atoms with E-state index in [0.29, 0.717) is 31.6 Å². The fourth-order valence-electron chi connectivity index (χ4n) is 3.50. The van der Waals surface area contributed by atoms with Gasteiger partial charge < -0.3 is 30.2 Å². The van der Waals surface area contributed by atoms with Crippen molar-refractivity contribution in [3.05, 3.63) is 51.4 Å². The van der Waals surface area contributed by atoms with Crippen LogP contribution >= 0.6 is 11.6 Å². The topological polar surface area (TPSA) is 123 Å². The van der Waals surface area contributed by atoms with Gasteiger partial charge in [0.2, 0.25) is 0 Å². The summed E-state index contributed by atoms with van der Waals surface area (Å²) >= 11 is 5.84. The molecule has 2 N–H and O–H groups in total. The number of amides is 1. The maximum atomic E-state index is 12.7. The predicted octanol–water partition coefficient (Wildman–Crippen LogP) is 3.93. The Labute approximate surface area is 197 Å². The SMILES string of the molecule is CC(O)(COC(=O)N1CCC(Nc2ccc(C(F)(F)F)cc2)CC1)Cn1cc([N+](=O)[O-])nc1Cl. The molecule has 34 heavy (non-hydrogen) atoms. The number of halogens is 4. The number of nitro groups is 1. The van der Waals surface area contributed by atoms with E-state index >= 15 is 0 Å². The van der Waals surface area contributed by atoms with Crippen LogP contribution in [-0.2, 0) is 17.5 Å². The lowest BCUT2D eigenvalue weighted by Gasteiger charge is -2.33. The van der Waals surface area contributed by atoms with Gasteiger partial charge in [-0.3, -0.25) is 4.57 Å². The molecule has 1 atom stereocenters. The van der Waals surface area contributed by atoms with Crippen LogP contribution in [0.25, 0.3) is 0 Å². The van der Waals surface area contributed by atoms with E-state index in [-0.39, 0.29) is 24.5 Å². The fourth-order valence-corrected chi connectivity index (χ4v) is 3.69. The number of rotatable bonds is 7. The van der Waals surface area contributed by atoms with Crippen molar-refractivity contribution in [3.8, 4) is 0 Å². The van der Waals surface area contributed by atoms with Gasteiger partial charge in [-0.1, -0.05) is 0 Å². The number of likely N-dealkylation sites (tertiary alicyclic amines) is 1. The van der Waals surface area contributed by atoms with Crippen LogP contribution < -0.4 is 5.32 Å². The summed E-state index contributed by atoms with van der Waals surface area (Å²) in [5.74, 6) is -0.467. The lowest BCUT2D eigenvalue weighted by atomic mass is 10.0. The Hall–Kier alpha value is -3.06. The van der Waals surface area contributed by atoms with Crippen molar-refractivity contribution in [1.82, 2.24) is 14.5 Å². The average Bonchev–Trinajstić information content (AvgIpc) is 3.12. The van der Waals surface area contributed by atoms with Crippen molar-refractivity contribution in [2.45, 2.75) is 44.1 Å². The molecule has 3 rings (SSSR count). The number of alkyl halides is 3. The summed E-state index contributed by atoms with van der Waals surface area (Å²) in [7, 11) is 0. The second-order valence-electron chi connectivity index (χ2n) is 8.29. The van der Waals surface area contributed by atoms with Crippen LogP contribution in [0, 0.1) is 10.1 Å². The van der Waals surface area contributed by atoms with Crippen LogP contribution in [0.2, 0.25) is 5.28 Å². The minimum atomic E-state index is -4.39. The predicted molar refractivity (Wildman–Crippen MR) is 116 cm³/mol. The van der Waals surface area contributed by atoms with Crippen LogP contribution in [0.15, 0.2) is 30.5 Å². The first-order chi connectivity index (χ1) is 15.8. The van der Waals surface area contributed by atoms with Crippen LogP contribution in [0.1, 0.15) is 25.3 Å². The van der Waals surface area contributed by atoms with E-state index < -0.39 is 34.2 Å². The number of carbonyl (C=O) groups is 1. The van der Waals surface area contributed by atoms with Gasteiger partial charge >= 0.3 is 23.4 Å². The van der Waals surface area contributed by atoms with Gasteiger partial charge in [-0.05, 0) is 65.5 Å². The molecule has 2 heterocycles. The Morgan fingerprint density at radius 2 is 1.94 bits per heavy atom. The molecule has 1 aromatic carbocycles. The Balaban J connectivity index is 1.45. The number of anilines is 1. The molecule has 1 aromatic heterocycles. The van der Waals surface area contributed by atoms with Crippen molar-refractivity contribution in [1.29, 1.82) is 0 Å². The summed E-state index contributed by atoms with van der Waals surface area (Å²) < 4.78 is 44.4. The van der Waals surface area contributed by atoms with Crippen molar-refractivity contribution < 1.29 is 32.7 Å². The molecule has 1 fully saturated rings. The van der Waals surface area contributed by atoms with Crippen LogP contribution in [0.3, 0.4) is 0 Å². The first-order valence-electron chi connectivity index (χ1n) is 10.3. The Kier molecular flexibility index (Phi) is 7.56. The van der Waals surface area contributed by atoms with Crippen LogP contribution in [0.4, 0.5) is 29.5 Å². The van der Waals surface area contributed by atoms with Gasteiger partial charge in [-0.25, -0.2) is 4.79 Å². The van der Waals surface area contributed by atoms with E-state index in [0.717, 1.165) is 18.3 Å². The lowest BCUT2D eigenvalue weighted by molar-refractivity contribution is -0.389. The molecule has 10 nitrogen and oxygen atoms in total. The van der Waals surface area contributed by atoms with Crippen molar-refractivity contribution >= 4 is 29.2 Å². The molecule has 186 valence electrons. The van der Waals surface area contributed by atoms with E-state index in [1.165, 1.54) is 28.5 Å². The van der Waals surface area contributed by atoms with Gasteiger partial charge in [-0.2, -0.15) is 13.2 Å². The van der Waals surface area contributed by atoms with Crippen molar-refractivity contribution in [3.63, 3.8) is 0 Å². The molecule has 1 aliphatic heterocycles. The van der Waals surface area contributed by atoms with Crippen LogP contribution in [0.5, 0.6) is 0 Å². The summed E-state index contributed by atoms with van der Waals surface area (Å²) in [6.07, 6.45) is -2.83. The molecular weight excluding hydrogens is 483 g/mol. The minimum Gasteiger partial charge on any atom is -0.446 e. The number of aromatic nitrogens is 2. The molecule has 0 aliphatic carbocycles. The number of ether oxygens (including phenoxy) is 1. The highest BCUT2D eigenvalue weighted by Crippen LogP contribution is 2.30. The minimum absolute atomic E-state index is 0.0249. The summed E-state index contributed by atoms with van der Waals surface area (Å²) in [5.41, 5.74) is -1.72. The average molecular weight is 506 g/mol. The largest absolute Gasteiger partial charge is 0.446 e. The quantitative estimate of drug-likeness (QED) is 0.432. The van der Waals surface area contributed by atoms with Gasteiger partial charge in [-0.15, -0.1) is 0 Å². The van der Waals surface area contributed by atoms with E-state index in [1.54, 1.807) is 0 Å². The normalized spacial score (nSPS) is 16.7. The van der Waals surface area contributed by atoms with E-state index in [2.05, 4.69) is 10.3 Å². The number of nitrogens with zero attached hydrogens (tertiary/aromatic N) is 4. The van der Waals surface area contributed by atoms with E-state index in [9.17, 15) is 33.2 Å². The lowest BCUT2D eigenvalue weighted by Crippen LogP contribution is -2.45. The fraction of sp³-hybridized carbons (Fsp3) is 0.500. The third kappa shape index (κ3) is 6.73. The zero-order chi connectivity index (χ0) is 25.1. The molecule has 1 aliphatic rings. The van der Waals surface area contributed by atoms with Gasteiger partial charge in [0.15, 0.2) is 0 Å². The monoisotopic (exact) mass is 505 g/mol. The Morgan fingerprint density at radius 3 is 2.47 bits per heavy atom. The molecule has 2 aromatic rings. The number of aliphatic hydroxyl groups is 1. The summed E-state index contributed by atoms with van der Waals surface area (Å²) in [5, 5.41) is 24.3. The third-order valence-corrected chi connectivity index (χ3v) is 5.56. The molecule has 0 radical (unpaired) electrons. The summed E-state index contributed by atoms with van der Waals surface area (Å²) in [6, 6.07) is 4.73. The zero-order valence-corrected chi connectivity index (χ0v) is 18.8. The van der Waals surface area contributed by atoms with Crippen LogP contribution in [-0.4, -0.2) is 61.9 Å². The number of hydrogen-bond donors (Lipinski definition) is 2. The first kappa shape index (κ1) is 25.6. The molecule has 1 unspecified atom stereocenters. The number of nitrogens with one attached hydrogen (secondary N) is 1. The number of carbonyl (C=O) groups excluding carboxylic acids is 1. The van der Waals surface area contributed by atoms with E-state index in [1.807, 2.05) is 0 Å². The standard InChI is InChI=1S/C20H23ClF3N5O5/c1-19(31,11-28-10-16(29(32)33)26-17(28)21)12-34-18(30)27-8-6-15(7-9-27)25-14-4-2-13(3-5-14)20(22,23)24/h2-5,10,15,25,31H,6-9,11-12H2,1H3. The third-order valence-electron chi connectivity index (χ3n) is 5.26. The second-order valence-corrected chi connectivity index (χ2v) is 8.62. The zero-order valence-electron chi connectivity index (χ0n) is 18.1. The molecule has 1 amide bonds. The first-order valence-corrected chi connectivity index (χ1v) is 10.7. The van der Waals surface area contributed by atoms with E-state index in [4.69, 9.17) is 16.3 Å². The van der Waals surface area contributed by atoms with Gasteiger partial charge in [0.1, 0.15) is 18.4 Å². The number of imidazole rings is 1. The Bertz CT molecular complexity index is 1020. The van der Waals surface area contributed by atoms with Crippen molar-refractivity contribution in [2.24, 2.45) is 0 Å². The van der Waals surface area contributed by atoms with Crippen molar-refractivity contribution in [2.75, 3.05) is 25.0 Å². The second kappa shape index (κ2) is 10.1. The van der Waals surface area contributed by atoms with Gasteiger partial charge in [0.05, 0.1) is 12.1 Å². The smallest absolute Gasteiger partial charge is 0.416 e. The number of piperidine rings is 1. The van der Waals surface area contributed by atoms with Gasteiger partial charge in [0.25, 0.3) is 0 Å². The maximum Gasteiger partial charge on any atom is 0.416 e. The Morgan fingerprint density at radius 1 is 1.32 bits per heavy atom. The molecule has 0 saturated carbocycles. The highest BCUT2D eigenvalue weighted by atomic mass is 35.5. The molecule has 14 heteroatoms. The van der Waals surface area contributed by atoms with Gasteiger partial charge in [0, 0.05) is 24.8 Å². The molecule has 0 spiro atoms. The molecular formula is C20H23ClF3N5O5. The summed E-state index contributed by atoms with van der Waals surface area (Å²) in [4.78, 5) is 27.5. The molecule has 1 saturated heterocycles. The maximum absolute atomic E-state index is 12.7.